The fourth-order valence-electron chi connectivity index (χ4n) is 1.63. The van der Waals surface area contributed by atoms with Crippen LogP contribution in [-0.4, -0.2) is 60.8 Å². The van der Waals surface area contributed by atoms with Crippen LogP contribution in [0.3, 0.4) is 0 Å². The van der Waals surface area contributed by atoms with Crippen LogP contribution in [-0.2, 0) is 23.9 Å². The Morgan fingerprint density at radius 2 is 1.64 bits per heavy atom. The first-order valence-electron chi connectivity index (χ1n) is 7.09. The van der Waals surface area contributed by atoms with E-state index in [1.165, 1.54) is 12.0 Å². The molecule has 1 N–H and O–H groups in total. The molecule has 0 unspecified atom stereocenters. The zero-order valence-electron chi connectivity index (χ0n) is 13.8. The molecule has 0 heterocycles. The molecule has 0 aliphatic rings. The molecule has 22 heavy (non-hydrogen) atoms. The van der Waals surface area contributed by atoms with E-state index >= 15 is 0 Å². The fraction of sp³-hybridized carbons (Fsp3) is 0.667. The molecule has 0 aromatic carbocycles. The monoisotopic (exact) mass is 315 g/mol. The lowest BCUT2D eigenvalue weighted by molar-refractivity contribution is -0.154. The van der Waals surface area contributed by atoms with Crippen LogP contribution < -0.4 is 0 Å². The van der Waals surface area contributed by atoms with E-state index in [4.69, 9.17) is 4.74 Å². The molecule has 0 fully saturated rings. The summed E-state index contributed by atoms with van der Waals surface area (Å²) in [5, 5.41) is 10.2. The van der Waals surface area contributed by atoms with Crippen molar-refractivity contribution in [2.24, 2.45) is 5.41 Å². The highest BCUT2D eigenvalue weighted by Gasteiger charge is 2.36. The van der Waals surface area contributed by atoms with Gasteiger partial charge in [0.2, 0.25) is 0 Å². The van der Waals surface area contributed by atoms with Gasteiger partial charge in [-0.25, -0.2) is 9.59 Å². The Hall–Kier alpha value is -1.89. The molecule has 0 saturated heterocycles. The maximum absolute atomic E-state index is 12.1. The summed E-state index contributed by atoms with van der Waals surface area (Å²) in [4.78, 5) is 35.9. The van der Waals surface area contributed by atoms with Crippen molar-refractivity contribution in [2.75, 3.05) is 26.8 Å². The minimum atomic E-state index is -1.29. The van der Waals surface area contributed by atoms with Gasteiger partial charge in [0.25, 0.3) is 5.91 Å². The number of amides is 1. The van der Waals surface area contributed by atoms with Crippen molar-refractivity contribution in [3.05, 3.63) is 12.2 Å². The lowest BCUT2D eigenvalue weighted by Crippen LogP contribution is -2.48. The minimum absolute atomic E-state index is 0.161. The van der Waals surface area contributed by atoms with Crippen molar-refractivity contribution < 1.29 is 29.0 Å². The molecule has 0 saturated carbocycles. The highest BCUT2D eigenvalue weighted by Crippen LogP contribution is 2.23. The Balaban J connectivity index is 4.62. The van der Waals surface area contributed by atoms with Crippen LogP contribution in [0, 0.1) is 5.41 Å². The Bertz CT molecular complexity index is 426. The average Bonchev–Trinajstić information content (AvgIpc) is 2.50. The Labute approximate surface area is 130 Å². The largest absolute Gasteiger partial charge is 0.466 e. The molecule has 0 aromatic heterocycles. The number of methoxy groups -OCH3 is 1. The molecular weight excluding hydrogens is 290 g/mol. The number of aliphatic hydroxyl groups excluding tert-OH is 1. The molecule has 0 aliphatic heterocycles. The van der Waals surface area contributed by atoms with Crippen LogP contribution in [0.1, 0.15) is 27.7 Å². The quantitative estimate of drug-likeness (QED) is 0.518. The van der Waals surface area contributed by atoms with E-state index < -0.39 is 29.4 Å². The van der Waals surface area contributed by atoms with Crippen LogP contribution in [0.25, 0.3) is 0 Å². The zero-order chi connectivity index (χ0) is 17.3. The third-order valence-electron chi connectivity index (χ3n) is 3.19. The molecule has 0 spiro atoms. The van der Waals surface area contributed by atoms with Gasteiger partial charge in [-0.1, -0.05) is 13.8 Å². The summed E-state index contributed by atoms with van der Waals surface area (Å²) in [5.41, 5.74) is -0.950. The predicted octanol–water partition coefficient (Wildman–Crippen LogP) is 0.514. The SMILES string of the molecule is CCN(CC)C(=O)[C@H](O)C(C)(C)COC(=O)/C=C/C(=O)OC. The van der Waals surface area contributed by atoms with Crippen molar-refractivity contribution in [1.29, 1.82) is 0 Å². The molecule has 0 bridgehead atoms. The molecule has 7 nitrogen and oxygen atoms in total. The molecule has 0 rings (SSSR count). The summed E-state index contributed by atoms with van der Waals surface area (Å²) >= 11 is 0. The van der Waals surface area contributed by atoms with Gasteiger partial charge in [0.15, 0.2) is 0 Å². The van der Waals surface area contributed by atoms with Crippen LogP contribution in [0.15, 0.2) is 12.2 Å². The number of likely N-dealkylation sites (N-methyl/N-ethyl adjacent to an activating group) is 1. The van der Waals surface area contributed by atoms with Gasteiger partial charge in [-0.05, 0) is 13.8 Å². The highest BCUT2D eigenvalue weighted by atomic mass is 16.5. The Morgan fingerprint density at radius 1 is 1.14 bits per heavy atom. The number of hydrogen-bond donors (Lipinski definition) is 1. The van der Waals surface area contributed by atoms with Gasteiger partial charge in [0.05, 0.1) is 13.7 Å². The highest BCUT2D eigenvalue weighted by molar-refractivity contribution is 5.91. The normalized spacial score (nSPS) is 12.8. The molecule has 1 amide bonds. The van der Waals surface area contributed by atoms with Crippen molar-refractivity contribution >= 4 is 17.8 Å². The zero-order valence-corrected chi connectivity index (χ0v) is 13.8. The summed E-state index contributed by atoms with van der Waals surface area (Å²) in [6.45, 7) is 7.70. The van der Waals surface area contributed by atoms with Crippen LogP contribution >= 0.6 is 0 Å². The number of rotatable bonds is 8. The second-order valence-electron chi connectivity index (χ2n) is 5.37. The summed E-state index contributed by atoms with van der Waals surface area (Å²) in [6, 6.07) is 0. The van der Waals surface area contributed by atoms with E-state index in [0.717, 1.165) is 12.2 Å². The van der Waals surface area contributed by atoms with Crippen LogP contribution in [0.5, 0.6) is 0 Å². The summed E-state index contributed by atoms with van der Waals surface area (Å²) in [6.07, 6.45) is 0.581. The lowest BCUT2D eigenvalue weighted by atomic mass is 9.86. The first kappa shape index (κ1) is 20.1. The molecule has 126 valence electrons. The molecular formula is C15H25NO6. The second-order valence-corrected chi connectivity index (χ2v) is 5.37. The summed E-state index contributed by atoms with van der Waals surface area (Å²) < 4.78 is 9.30. The smallest absolute Gasteiger partial charge is 0.331 e. The molecule has 1 atom stereocenters. The van der Waals surface area contributed by atoms with Crippen molar-refractivity contribution in [1.82, 2.24) is 4.90 Å². The van der Waals surface area contributed by atoms with Gasteiger partial charge in [-0.15, -0.1) is 0 Å². The number of nitrogens with zero attached hydrogens (tertiary/aromatic N) is 1. The first-order chi connectivity index (χ1) is 10.2. The predicted molar refractivity (Wildman–Crippen MR) is 79.8 cm³/mol. The van der Waals surface area contributed by atoms with Crippen molar-refractivity contribution in [2.45, 2.75) is 33.8 Å². The average molecular weight is 315 g/mol. The number of hydrogen-bond acceptors (Lipinski definition) is 6. The van der Waals surface area contributed by atoms with Gasteiger partial charge >= 0.3 is 11.9 Å². The third kappa shape index (κ3) is 6.26. The van der Waals surface area contributed by atoms with Crippen molar-refractivity contribution in [3.63, 3.8) is 0 Å². The van der Waals surface area contributed by atoms with E-state index in [-0.39, 0.29) is 6.61 Å². The topological polar surface area (TPSA) is 93.1 Å². The van der Waals surface area contributed by atoms with Gasteiger partial charge in [0, 0.05) is 30.7 Å². The number of aliphatic hydroxyl groups is 1. The number of esters is 2. The van der Waals surface area contributed by atoms with Crippen molar-refractivity contribution in [3.8, 4) is 0 Å². The molecule has 0 radical (unpaired) electrons. The number of carbonyl (C=O) groups is 3. The Kier molecular flexibility index (Phi) is 8.40. The van der Waals surface area contributed by atoms with E-state index in [1.807, 2.05) is 13.8 Å². The standard InChI is InChI=1S/C15H25NO6/c1-6-16(7-2)14(20)13(19)15(3,4)10-22-12(18)9-8-11(17)21-5/h8-9,13,19H,6-7,10H2,1-5H3/b9-8+/t13-/m0/s1. The van der Waals surface area contributed by atoms with E-state index in [9.17, 15) is 19.5 Å². The molecule has 0 aromatic rings. The number of ether oxygens (including phenoxy) is 2. The number of carbonyl (C=O) groups excluding carboxylic acids is 3. The van der Waals surface area contributed by atoms with Gasteiger partial charge < -0.3 is 19.5 Å². The van der Waals surface area contributed by atoms with Crippen LogP contribution in [0.2, 0.25) is 0 Å². The maximum atomic E-state index is 12.1. The van der Waals surface area contributed by atoms with Gasteiger partial charge in [0.1, 0.15) is 6.10 Å². The summed E-state index contributed by atoms with van der Waals surface area (Å²) in [7, 11) is 1.19. The van der Waals surface area contributed by atoms with Gasteiger partial charge in [-0.2, -0.15) is 0 Å². The summed E-state index contributed by atoms with van der Waals surface area (Å²) in [5.74, 6) is -1.83. The molecule has 0 aliphatic carbocycles. The third-order valence-corrected chi connectivity index (χ3v) is 3.19. The Morgan fingerprint density at radius 3 is 2.09 bits per heavy atom. The first-order valence-corrected chi connectivity index (χ1v) is 7.09. The maximum Gasteiger partial charge on any atom is 0.331 e. The van der Waals surface area contributed by atoms with E-state index in [2.05, 4.69) is 4.74 Å². The minimum Gasteiger partial charge on any atom is -0.466 e. The molecule has 7 heteroatoms. The lowest BCUT2D eigenvalue weighted by Gasteiger charge is -2.32. The van der Waals surface area contributed by atoms with E-state index in [1.54, 1.807) is 13.8 Å². The fourth-order valence-corrected chi connectivity index (χ4v) is 1.63. The second kappa shape index (κ2) is 9.19. The van der Waals surface area contributed by atoms with E-state index in [0.29, 0.717) is 13.1 Å². The van der Waals surface area contributed by atoms with Crippen LogP contribution in [0.4, 0.5) is 0 Å². The van der Waals surface area contributed by atoms with Gasteiger partial charge in [-0.3, -0.25) is 4.79 Å².